The smallest absolute Gasteiger partial charge is 0.149 e. The van der Waals surface area contributed by atoms with Gasteiger partial charge in [-0.3, -0.25) is 9.59 Å². The van der Waals surface area contributed by atoms with Gasteiger partial charge in [0, 0.05) is 18.1 Å². The van der Waals surface area contributed by atoms with Crippen LogP contribution in [0.15, 0.2) is 17.8 Å². The Hall–Kier alpha value is -1.10. The first kappa shape index (κ1) is 18.9. The van der Waals surface area contributed by atoms with E-state index in [9.17, 15) is 9.59 Å². The molecule has 1 fully saturated rings. The molecule has 124 valence electrons. The van der Waals surface area contributed by atoms with Crippen molar-refractivity contribution in [3.8, 4) is 0 Å². The zero-order chi connectivity index (χ0) is 16.5. The molecular formula is C17H27NO3S. The number of carbonyl (C=O) groups excluding carboxylic acids is 2. The van der Waals surface area contributed by atoms with Crippen molar-refractivity contribution in [1.82, 2.24) is 0 Å². The maximum absolute atomic E-state index is 12.4. The summed E-state index contributed by atoms with van der Waals surface area (Å²) in [6.07, 6.45) is 4.02. The van der Waals surface area contributed by atoms with E-state index in [2.05, 4.69) is 25.6 Å². The van der Waals surface area contributed by atoms with Gasteiger partial charge in [-0.2, -0.15) is 11.8 Å². The Kier molecular flexibility index (Phi) is 8.46. The van der Waals surface area contributed by atoms with Crippen LogP contribution in [-0.2, 0) is 14.4 Å². The van der Waals surface area contributed by atoms with Crippen molar-refractivity contribution in [2.75, 3.05) is 12.4 Å². The highest BCUT2D eigenvalue weighted by Gasteiger charge is 2.38. The second-order valence-corrected chi connectivity index (χ2v) is 7.38. The lowest BCUT2D eigenvalue weighted by molar-refractivity contribution is -0.134. The molecule has 0 radical (unpaired) electrons. The highest BCUT2D eigenvalue weighted by molar-refractivity contribution is 7.99. The lowest BCUT2D eigenvalue weighted by atomic mass is 9.76. The van der Waals surface area contributed by atoms with Gasteiger partial charge in [0.2, 0.25) is 0 Å². The summed E-state index contributed by atoms with van der Waals surface area (Å²) < 4.78 is 0. The lowest BCUT2D eigenvalue weighted by Gasteiger charge is -2.28. The fraction of sp³-hybridized carbons (Fsp3) is 0.706. The summed E-state index contributed by atoms with van der Waals surface area (Å²) in [6.45, 7) is 10.0. The third-order valence-corrected chi connectivity index (χ3v) is 4.90. The van der Waals surface area contributed by atoms with Crippen molar-refractivity contribution >= 4 is 29.0 Å². The molecule has 0 saturated heterocycles. The zero-order valence-corrected chi connectivity index (χ0v) is 14.7. The van der Waals surface area contributed by atoms with Crippen molar-refractivity contribution in [1.29, 1.82) is 0 Å². The minimum Gasteiger partial charge on any atom is -0.392 e. The normalized spacial score (nSPS) is 24.2. The molecule has 0 unspecified atom stereocenters. The standard InChI is InChI=1S/C17H27NO3S/c1-5-8-21-18-14(6-2)17-15(19)10-13(11-16(17)20)9-12(4)22-7-3/h5,12-13,17H,1,6-11H2,2-4H3/b18-14-/t12-,13?,17?/m0/s1. The van der Waals surface area contributed by atoms with Gasteiger partial charge in [-0.25, -0.2) is 0 Å². The number of oxime groups is 1. The summed E-state index contributed by atoms with van der Waals surface area (Å²) in [4.78, 5) is 29.9. The van der Waals surface area contributed by atoms with Gasteiger partial charge in [0.1, 0.15) is 24.1 Å². The Morgan fingerprint density at radius 1 is 1.41 bits per heavy atom. The van der Waals surface area contributed by atoms with Crippen LogP contribution in [0.25, 0.3) is 0 Å². The summed E-state index contributed by atoms with van der Waals surface area (Å²) in [5.74, 6) is 0.541. The zero-order valence-electron chi connectivity index (χ0n) is 13.8. The van der Waals surface area contributed by atoms with Crippen LogP contribution < -0.4 is 0 Å². The number of hydrogen-bond donors (Lipinski definition) is 0. The molecule has 1 atom stereocenters. The highest BCUT2D eigenvalue weighted by Crippen LogP contribution is 2.31. The molecule has 0 aromatic carbocycles. The van der Waals surface area contributed by atoms with Crippen molar-refractivity contribution in [3.05, 3.63) is 12.7 Å². The van der Waals surface area contributed by atoms with Gasteiger partial charge in [-0.15, -0.1) is 0 Å². The van der Waals surface area contributed by atoms with E-state index in [1.807, 2.05) is 18.7 Å². The lowest BCUT2D eigenvalue weighted by Crippen LogP contribution is -2.39. The first-order chi connectivity index (χ1) is 10.5. The summed E-state index contributed by atoms with van der Waals surface area (Å²) >= 11 is 1.88. The monoisotopic (exact) mass is 325 g/mol. The summed E-state index contributed by atoms with van der Waals surface area (Å²) in [6, 6.07) is 0. The average Bonchev–Trinajstić information content (AvgIpc) is 2.45. The van der Waals surface area contributed by atoms with Gasteiger partial charge in [0.25, 0.3) is 0 Å². The summed E-state index contributed by atoms with van der Waals surface area (Å²) in [5, 5.41) is 4.46. The molecule has 0 aromatic rings. The Balaban J connectivity index is 2.69. The van der Waals surface area contributed by atoms with Crippen LogP contribution in [-0.4, -0.2) is 34.9 Å². The van der Waals surface area contributed by atoms with Crippen LogP contribution in [0.2, 0.25) is 0 Å². The topological polar surface area (TPSA) is 55.7 Å². The minimum absolute atomic E-state index is 0.00208. The summed E-state index contributed by atoms with van der Waals surface area (Å²) in [5.41, 5.74) is 0.547. The molecule has 0 aromatic heterocycles. The molecule has 0 N–H and O–H groups in total. The molecule has 0 bridgehead atoms. The van der Waals surface area contributed by atoms with Gasteiger partial charge >= 0.3 is 0 Å². The van der Waals surface area contributed by atoms with E-state index in [1.54, 1.807) is 6.08 Å². The Morgan fingerprint density at radius 2 is 2.05 bits per heavy atom. The number of ketones is 2. The minimum atomic E-state index is -0.694. The van der Waals surface area contributed by atoms with Crippen molar-refractivity contribution in [3.63, 3.8) is 0 Å². The highest BCUT2D eigenvalue weighted by atomic mass is 32.2. The fourth-order valence-corrected chi connectivity index (χ4v) is 3.89. The molecule has 5 heteroatoms. The van der Waals surface area contributed by atoms with E-state index in [0.29, 0.717) is 30.2 Å². The van der Waals surface area contributed by atoms with Crippen LogP contribution in [0, 0.1) is 11.8 Å². The first-order valence-corrected chi connectivity index (χ1v) is 9.04. The number of Topliss-reactive ketones (excluding diaryl/α,β-unsaturated/α-hetero) is 2. The van der Waals surface area contributed by atoms with E-state index in [1.165, 1.54) is 0 Å². The van der Waals surface area contributed by atoms with E-state index < -0.39 is 5.92 Å². The van der Waals surface area contributed by atoms with Crippen LogP contribution in [0.5, 0.6) is 0 Å². The molecule has 0 aliphatic heterocycles. The molecule has 22 heavy (non-hydrogen) atoms. The van der Waals surface area contributed by atoms with E-state index in [-0.39, 0.29) is 24.1 Å². The molecule has 0 amide bonds. The molecule has 1 aliphatic carbocycles. The molecular weight excluding hydrogens is 298 g/mol. The molecule has 1 aliphatic rings. The maximum Gasteiger partial charge on any atom is 0.149 e. The quantitative estimate of drug-likeness (QED) is 0.213. The third-order valence-electron chi connectivity index (χ3n) is 3.81. The fourth-order valence-electron chi connectivity index (χ4n) is 2.91. The maximum atomic E-state index is 12.4. The molecule has 1 rings (SSSR count). The molecule has 0 heterocycles. The number of carbonyl (C=O) groups is 2. The van der Waals surface area contributed by atoms with E-state index >= 15 is 0 Å². The molecule has 1 saturated carbocycles. The van der Waals surface area contributed by atoms with E-state index in [0.717, 1.165) is 12.2 Å². The van der Waals surface area contributed by atoms with Crippen LogP contribution in [0.3, 0.4) is 0 Å². The van der Waals surface area contributed by atoms with Crippen molar-refractivity contribution < 1.29 is 14.4 Å². The van der Waals surface area contributed by atoms with Gasteiger partial charge in [0.05, 0.1) is 5.71 Å². The predicted molar refractivity (Wildman–Crippen MR) is 92.3 cm³/mol. The Labute approximate surface area is 137 Å². The third kappa shape index (κ3) is 5.59. The SMILES string of the molecule is C=CCO/N=C(/CC)C1C(=O)CC(C[C@H](C)SCC)CC1=O. The number of rotatable bonds is 9. The second kappa shape index (κ2) is 9.82. The van der Waals surface area contributed by atoms with Crippen molar-refractivity contribution in [2.24, 2.45) is 17.0 Å². The van der Waals surface area contributed by atoms with E-state index in [4.69, 9.17) is 4.84 Å². The van der Waals surface area contributed by atoms with Gasteiger partial charge in [0.15, 0.2) is 0 Å². The predicted octanol–water partition coefficient (Wildman–Crippen LogP) is 3.65. The largest absolute Gasteiger partial charge is 0.392 e. The number of thioether (sulfide) groups is 1. The molecule has 0 spiro atoms. The van der Waals surface area contributed by atoms with Crippen LogP contribution in [0.1, 0.15) is 46.5 Å². The second-order valence-electron chi connectivity index (χ2n) is 5.66. The van der Waals surface area contributed by atoms with Crippen molar-refractivity contribution in [2.45, 2.75) is 51.7 Å². The van der Waals surface area contributed by atoms with Gasteiger partial charge in [-0.1, -0.05) is 38.6 Å². The summed E-state index contributed by atoms with van der Waals surface area (Å²) in [7, 11) is 0. The van der Waals surface area contributed by atoms with Crippen LogP contribution >= 0.6 is 11.8 Å². The Bertz CT molecular complexity index is 416. The Morgan fingerprint density at radius 3 is 2.55 bits per heavy atom. The number of hydrogen-bond acceptors (Lipinski definition) is 5. The number of nitrogens with zero attached hydrogens (tertiary/aromatic N) is 1. The van der Waals surface area contributed by atoms with Crippen LogP contribution in [0.4, 0.5) is 0 Å². The molecule has 4 nitrogen and oxygen atoms in total. The average molecular weight is 325 g/mol. The van der Waals surface area contributed by atoms with Gasteiger partial charge in [-0.05, 0) is 24.5 Å². The first-order valence-electron chi connectivity index (χ1n) is 8.00. The van der Waals surface area contributed by atoms with Gasteiger partial charge < -0.3 is 4.84 Å².